The summed E-state index contributed by atoms with van der Waals surface area (Å²) in [5, 5.41) is 14.4. The van der Waals surface area contributed by atoms with Crippen molar-refractivity contribution in [3.8, 4) is 12.1 Å². The van der Waals surface area contributed by atoms with Crippen molar-refractivity contribution < 1.29 is 13.9 Å². The van der Waals surface area contributed by atoms with Crippen molar-refractivity contribution in [3.05, 3.63) is 41.8 Å². The van der Waals surface area contributed by atoms with Crippen LogP contribution < -0.4 is 15.4 Å². The number of aromatic nitrogens is 2. The number of rotatable bonds is 5. The van der Waals surface area contributed by atoms with E-state index < -0.39 is 11.7 Å². The van der Waals surface area contributed by atoms with Gasteiger partial charge in [0.05, 0.1) is 12.7 Å². The molecule has 1 amide bonds. The first kappa shape index (κ1) is 17.4. The van der Waals surface area contributed by atoms with Crippen LogP contribution in [0.15, 0.2) is 30.5 Å². The van der Waals surface area contributed by atoms with E-state index in [9.17, 15) is 9.18 Å². The number of hydrogen-bond donors (Lipinski definition) is 2. The number of amides is 1. The van der Waals surface area contributed by atoms with Crippen LogP contribution >= 0.6 is 0 Å². The highest BCUT2D eigenvalue weighted by atomic mass is 19.1. The summed E-state index contributed by atoms with van der Waals surface area (Å²) in [5.41, 5.74) is 0.348. The predicted octanol–water partition coefficient (Wildman–Crippen LogP) is 1.65. The second kappa shape index (κ2) is 7.65. The van der Waals surface area contributed by atoms with Crippen LogP contribution in [0.1, 0.15) is 16.8 Å². The molecule has 1 fully saturated rings. The van der Waals surface area contributed by atoms with Gasteiger partial charge in [0.25, 0.3) is 5.91 Å². The zero-order valence-corrected chi connectivity index (χ0v) is 14.1. The molecule has 0 radical (unpaired) electrons. The van der Waals surface area contributed by atoms with E-state index >= 15 is 0 Å². The van der Waals surface area contributed by atoms with E-state index in [1.807, 2.05) is 6.19 Å². The predicted molar refractivity (Wildman–Crippen MR) is 91.3 cm³/mol. The number of carbonyl (C=O) groups is 1. The summed E-state index contributed by atoms with van der Waals surface area (Å²) < 4.78 is 19.3. The van der Waals surface area contributed by atoms with Gasteiger partial charge in [0, 0.05) is 37.1 Å². The van der Waals surface area contributed by atoms with Crippen molar-refractivity contribution >= 4 is 17.5 Å². The molecule has 8 nitrogen and oxygen atoms in total. The number of halogens is 1. The number of hydrogen-bond acceptors (Lipinski definition) is 7. The van der Waals surface area contributed by atoms with E-state index in [1.54, 1.807) is 17.0 Å². The van der Waals surface area contributed by atoms with Crippen LogP contribution in [0.5, 0.6) is 5.88 Å². The summed E-state index contributed by atoms with van der Waals surface area (Å²) in [6.07, 6.45) is 4.21. The molecule has 26 heavy (non-hydrogen) atoms. The lowest BCUT2D eigenvalue weighted by Crippen LogP contribution is -2.36. The van der Waals surface area contributed by atoms with E-state index in [1.165, 1.54) is 25.4 Å². The highest BCUT2D eigenvalue weighted by molar-refractivity contribution is 5.95. The van der Waals surface area contributed by atoms with Gasteiger partial charge in [-0.2, -0.15) is 10.2 Å². The molecule has 3 rings (SSSR count). The fraction of sp³-hybridized carbons (Fsp3) is 0.294. The average Bonchev–Trinajstić information content (AvgIpc) is 3.09. The van der Waals surface area contributed by atoms with E-state index in [0.717, 1.165) is 0 Å². The number of likely N-dealkylation sites (tertiary alicyclic amines) is 1. The van der Waals surface area contributed by atoms with E-state index in [4.69, 9.17) is 10.00 Å². The Labute approximate surface area is 149 Å². The molecule has 0 spiro atoms. The second-order valence-corrected chi connectivity index (χ2v) is 5.75. The highest BCUT2D eigenvalue weighted by Crippen LogP contribution is 2.19. The van der Waals surface area contributed by atoms with E-state index in [-0.39, 0.29) is 17.6 Å². The molecule has 2 aromatic rings. The number of ether oxygens (including phenoxy) is 1. The van der Waals surface area contributed by atoms with Crippen molar-refractivity contribution in [3.63, 3.8) is 0 Å². The first-order valence-corrected chi connectivity index (χ1v) is 7.98. The normalized spacial score (nSPS) is 16.0. The van der Waals surface area contributed by atoms with Crippen LogP contribution in [0.25, 0.3) is 0 Å². The van der Waals surface area contributed by atoms with E-state index in [2.05, 4.69) is 20.6 Å². The summed E-state index contributed by atoms with van der Waals surface area (Å²) in [6, 6.07) is 5.59. The van der Waals surface area contributed by atoms with Crippen LogP contribution in [0.2, 0.25) is 0 Å². The molecule has 1 aliphatic heterocycles. The second-order valence-electron chi connectivity index (χ2n) is 5.75. The largest absolute Gasteiger partial charge is 0.481 e. The first-order valence-electron chi connectivity index (χ1n) is 7.98. The molecule has 9 heteroatoms. The minimum absolute atomic E-state index is 0.0579. The van der Waals surface area contributed by atoms with Gasteiger partial charge in [0.1, 0.15) is 5.82 Å². The Morgan fingerprint density at radius 1 is 1.46 bits per heavy atom. The van der Waals surface area contributed by atoms with Crippen molar-refractivity contribution in [1.82, 2.24) is 20.2 Å². The SMILES string of the molecule is COc1ccnc(Nc2ccc(C(=O)NC3CCN(C#N)C3)c(F)c2)n1. The van der Waals surface area contributed by atoms with Gasteiger partial charge in [-0.15, -0.1) is 0 Å². The van der Waals surface area contributed by atoms with E-state index in [0.29, 0.717) is 31.1 Å². The van der Waals surface area contributed by atoms with Gasteiger partial charge < -0.3 is 20.3 Å². The minimum Gasteiger partial charge on any atom is -0.481 e. The van der Waals surface area contributed by atoms with Crippen molar-refractivity contribution in [2.24, 2.45) is 0 Å². The summed E-state index contributed by atoms with van der Waals surface area (Å²) >= 11 is 0. The summed E-state index contributed by atoms with van der Waals surface area (Å²) in [6.45, 7) is 1.03. The molecule has 0 aliphatic carbocycles. The molecule has 0 bridgehead atoms. The third kappa shape index (κ3) is 3.97. The molecule has 0 saturated carbocycles. The Morgan fingerprint density at radius 2 is 2.31 bits per heavy atom. The van der Waals surface area contributed by atoms with Crippen LogP contribution in [0.3, 0.4) is 0 Å². The van der Waals surface area contributed by atoms with Crippen molar-refractivity contribution in [2.75, 3.05) is 25.5 Å². The Bertz CT molecular complexity index is 853. The topological polar surface area (TPSA) is 103 Å². The zero-order valence-electron chi connectivity index (χ0n) is 14.1. The fourth-order valence-corrected chi connectivity index (χ4v) is 2.65. The molecule has 1 unspecified atom stereocenters. The van der Waals surface area contributed by atoms with Gasteiger partial charge in [-0.05, 0) is 24.6 Å². The molecule has 2 heterocycles. The monoisotopic (exact) mass is 356 g/mol. The molecule has 134 valence electrons. The molecule has 1 atom stereocenters. The molecule has 1 saturated heterocycles. The highest BCUT2D eigenvalue weighted by Gasteiger charge is 2.24. The zero-order chi connectivity index (χ0) is 18.5. The first-order chi connectivity index (χ1) is 12.6. The number of nitrogens with zero attached hydrogens (tertiary/aromatic N) is 4. The third-order valence-corrected chi connectivity index (χ3v) is 3.97. The lowest BCUT2D eigenvalue weighted by Gasteiger charge is -2.13. The Kier molecular flexibility index (Phi) is 5.12. The number of nitriles is 1. The Balaban J connectivity index is 1.67. The molecular weight excluding hydrogens is 339 g/mol. The van der Waals surface area contributed by atoms with Crippen molar-refractivity contribution in [2.45, 2.75) is 12.5 Å². The van der Waals surface area contributed by atoms with Gasteiger partial charge in [0.2, 0.25) is 11.8 Å². The average molecular weight is 356 g/mol. The summed E-state index contributed by atoms with van der Waals surface area (Å²) in [5.74, 6) is -0.535. The number of benzene rings is 1. The minimum atomic E-state index is -0.662. The fourth-order valence-electron chi connectivity index (χ4n) is 2.65. The number of carbonyl (C=O) groups excluding carboxylic acids is 1. The maximum atomic E-state index is 14.3. The smallest absolute Gasteiger partial charge is 0.254 e. The van der Waals surface area contributed by atoms with Gasteiger partial charge in [-0.1, -0.05) is 0 Å². The Hall–Kier alpha value is -3.41. The summed E-state index contributed by atoms with van der Waals surface area (Å²) in [7, 11) is 1.49. The maximum absolute atomic E-state index is 14.3. The van der Waals surface area contributed by atoms with Crippen molar-refractivity contribution in [1.29, 1.82) is 5.26 Å². The molecule has 2 N–H and O–H groups in total. The molecule has 1 aromatic heterocycles. The molecule has 1 aromatic carbocycles. The number of nitrogens with one attached hydrogen (secondary N) is 2. The lowest BCUT2D eigenvalue weighted by atomic mass is 10.1. The van der Waals surface area contributed by atoms with Gasteiger partial charge in [-0.3, -0.25) is 4.79 Å². The standard InChI is InChI=1S/C17H17FN6O2/c1-26-15-4-6-20-17(23-15)22-11-2-3-13(14(18)8-11)16(25)21-12-5-7-24(9-12)10-19/h2-4,6,8,12H,5,7,9H2,1H3,(H,21,25)(H,20,22,23). The van der Waals surface area contributed by atoms with Crippen LogP contribution in [-0.4, -0.2) is 47.0 Å². The van der Waals surface area contributed by atoms with Gasteiger partial charge in [-0.25, -0.2) is 9.37 Å². The van der Waals surface area contributed by atoms with Crippen LogP contribution in [-0.2, 0) is 0 Å². The van der Waals surface area contributed by atoms with Gasteiger partial charge >= 0.3 is 0 Å². The number of methoxy groups -OCH3 is 1. The molecule has 1 aliphatic rings. The molecular formula is C17H17FN6O2. The van der Waals surface area contributed by atoms with Crippen LogP contribution in [0.4, 0.5) is 16.0 Å². The maximum Gasteiger partial charge on any atom is 0.254 e. The number of anilines is 2. The van der Waals surface area contributed by atoms with Crippen LogP contribution in [0, 0.1) is 17.3 Å². The summed E-state index contributed by atoms with van der Waals surface area (Å²) in [4.78, 5) is 21.9. The third-order valence-electron chi connectivity index (χ3n) is 3.97. The van der Waals surface area contributed by atoms with Gasteiger partial charge in [0.15, 0.2) is 6.19 Å². The Morgan fingerprint density at radius 3 is 3.00 bits per heavy atom. The lowest BCUT2D eigenvalue weighted by molar-refractivity contribution is 0.0935. The quantitative estimate of drug-likeness (QED) is 0.785.